The maximum Gasteiger partial charge on any atom is 0.247 e. The Morgan fingerprint density at radius 1 is 1.15 bits per heavy atom. The molecule has 1 aliphatic heterocycles. The van der Waals surface area contributed by atoms with Crippen molar-refractivity contribution in [3.63, 3.8) is 0 Å². The highest BCUT2D eigenvalue weighted by Gasteiger charge is 2.25. The van der Waals surface area contributed by atoms with Crippen LogP contribution in [0.3, 0.4) is 0 Å². The number of benzene rings is 2. The van der Waals surface area contributed by atoms with Crippen LogP contribution in [0.1, 0.15) is 22.1 Å². The number of ether oxygens (including phenoxy) is 1. The summed E-state index contributed by atoms with van der Waals surface area (Å²) in [5, 5.41) is 23.1. The molecule has 2 heterocycles. The molecule has 0 aliphatic carbocycles. The van der Waals surface area contributed by atoms with Gasteiger partial charge in [0.05, 0.1) is 5.97 Å². The number of para-hydroxylation sites is 1. The molecule has 1 aliphatic rings. The number of hydrogen-bond acceptors (Lipinski definition) is 8. The van der Waals surface area contributed by atoms with Gasteiger partial charge in [0.15, 0.2) is 11.9 Å². The van der Waals surface area contributed by atoms with Gasteiger partial charge in [-0.1, -0.05) is 54.2 Å². The van der Waals surface area contributed by atoms with Crippen LogP contribution in [0.5, 0.6) is 5.88 Å². The second-order valence-electron chi connectivity index (χ2n) is 5.55. The van der Waals surface area contributed by atoms with Crippen molar-refractivity contribution in [1.29, 1.82) is 0 Å². The number of carboxylic acid groups (broad SMARTS) is 1. The number of thioether (sulfide) groups is 1. The fourth-order valence-electron chi connectivity index (χ4n) is 2.68. The van der Waals surface area contributed by atoms with Crippen molar-refractivity contribution in [2.75, 3.05) is 11.6 Å². The van der Waals surface area contributed by atoms with Gasteiger partial charge in [-0.15, -0.1) is 10.2 Å². The first-order valence-corrected chi connectivity index (χ1v) is 9.01. The first-order chi connectivity index (χ1) is 12.7. The molecule has 0 bridgehead atoms. The van der Waals surface area contributed by atoms with Gasteiger partial charge in [-0.05, 0) is 17.9 Å². The van der Waals surface area contributed by atoms with E-state index < -0.39 is 12.2 Å². The fraction of sp³-hybridized carbons (Fsp3) is 0.111. The number of carbonyl (C=O) groups is 1. The Bertz CT molecular complexity index is 978. The molecule has 4 rings (SSSR count). The summed E-state index contributed by atoms with van der Waals surface area (Å²) in [5.41, 5.74) is 3.08. The molecule has 8 heteroatoms. The lowest BCUT2D eigenvalue weighted by Crippen LogP contribution is -2.22. The number of nitrogens with zero attached hydrogens (tertiary/aromatic N) is 3. The predicted octanol–water partition coefficient (Wildman–Crippen LogP) is 2.13. The highest BCUT2D eigenvalue weighted by atomic mass is 32.2. The van der Waals surface area contributed by atoms with E-state index in [4.69, 9.17) is 4.74 Å². The number of carboxylic acids is 1. The Balaban J connectivity index is 1.80. The van der Waals surface area contributed by atoms with E-state index in [0.717, 1.165) is 16.8 Å². The monoisotopic (exact) mass is 365 g/mol. The summed E-state index contributed by atoms with van der Waals surface area (Å²) in [6.07, 6.45) is 1.31. The van der Waals surface area contributed by atoms with Gasteiger partial charge in [0.2, 0.25) is 11.0 Å². The van der Waals surface area contributed by atoms with Gasteiger partial charge in [0.25, 0.3) is 0 Å². The molecule has 1 atom stereocenters. The highest BCUT2D eigenvalue weighted by Crippen LogP contribution is 2.39. The van der Waals surface area contributed by atoms with E-state index >= 15 is 0 Å². The molecule has 0 fully saturated rings. The fourth-order valence-corrected chi connectivity index (χ4v) is 2.98. The lowest BCUT2D eigenvalue weighted by molar-refractivity contribution is -0.255. The molecule has 3 aromatic rings. The van der Waals surface area contributed by atoms with Crippen LogP contribution < -0.4 is 15.2 Å². The van der Waals surface area contributed by atoms with E-state index in [2.05, 4.69) is 20.5 Å². The summed E-state index contributed by atoms with van der Waals surface area (Å²) in [4.78, 5) is 15.4. The predicted molar refractivity (Wildman–Crippen MR) is 94.8 cm³/mol. The molecule has 1 unspecified atom stereocenters. The molecule has 2 aromatic carbocycles. The van der Waals surface area contributed by atoms with Crippen LogP contribution in [0.2, 0.25) is 0 Å². The van der Waals surface area contributed by atoms with Crippen molar-refractivity contribution in [2.24, 2.45) is 0 Å². The third-order valence-corrected chi connectivity index (χ3v) is 4.50. The third kappa shape index (κ3) is 2.95. The first-order valence-electron chi connectivity index (χ1n) is 7.78. The van der Waals surface area contributed by atoms with Crippen molar-refractivity contribution < 1.29 is 14.6 Å². The lowest BCUT2D eigenvalue weighted by Gasteiger charge is -2.19. The van der Waals surface area contributed by atoms with Crippen LogP contribution in [0.15, 0.2) is 53.7 Å². The number of rotatable bonds is 3. The number of hydrogen-bond donors (Lipinski definition) is 1. The largest absolute Gasteiger partial charge is 0.545 e. The SMILES string of the molecule is CSc1nnc2c(n1)OC(c1ccc(C(=O)[O-])cc1)Nc1ccccc1-2. The van der Waals surface area contributed by atoms with E-state index in [1.54, 1.807) is 12.1 Å². The van der Waals surface area contributed by atoms with E-state index in [0.29, 0.717) is 16.7 Å². The molecular formula is C18H13N4O3S-. The molecule has 0 saturated heterocycles. The van der Waals surface area contributed by atoms with Crippen LogP contribution in [-0.4, -0.2) is 27.4 Å². The van der Waals surface area contributed by atoms with Gasteiger partial charge in [-0.3, -0.25) is 0 Å². The molecule has 7 nitrogen and oxygen atoms in total. The van der Waals surface area contributed by atoms with E-state index in [1.165, 1.54) is 23.9 Å². The standard InChI is InChI=1S/C18H14N4O3S/c1-26-18-20-16-14(21-22-18)12-4-2-3-5-13(12)19-15(25-16)10-6-8-11(9-7-10)17(23)24/h2-9,15,19H,1H3,(H,23,24)/p-1. The van der Waals surface area contributed by atoms with Crippen LogP contribution in [0.25, 0.3) is 11.3 Å². The summed E-state index contributed by atoms with van der Waals surface area (Å²) in [6, 6.07) is 14.0. The summed E-state index contributed by atoms with van der Waals surface area (Å²) >= 11 is 1.37. The number of carbonyl (C=O) groups excluding carboxylic acids is 1. The number of anilines is 1. The van der Waals surface area contributed by atoms with Crippen molar-refractivity contribution in [3.8, 4) is 17.1 Å². The third-order valence-electron chi connectivity index (χ3n) is 3.97. The second-order valence-corrected chi connectivity index (χ2v) is 6.32. The van der Waals surface area contributed by atoms with Gasteiger partial charge in [-0.25, -0.2) is 0 Å². The van der Waals surface area contributed by atoms with Crippen molar-refractivity contribution >= 4 is 23.4 Å². The minimum atomic E-state index is -1.22. The molecule has 0 spiro atoms. The van der Waals surface area contributed by atoms with Gasteiger partial charge in [0.1, 0.15) is 0 Å². The Kier molecular flexibility index (Phi) is 4.18. The molecule has 1 N–H and O–H groups in total. The minimum absolute atomic E-state index is 0.108. The van der Waals surface area contributed by atoms with Crippen molar-refractivity contribution in [1.82, 2.24) is 15.2 Å². The normalized spacial score (nSPS) is 15.0. The van der Waals surface area contributed by atoms with E-state index in [-0.39, 0.29) is 5.56 Å². The molecule has 0 radical (unpaired) electrons. The Morgan fingerprint density at radius 2 is 1.92 bits per heavy atom. The maximum absolute atomic E-state index is 11.0. The average molecular weight is 365 g/mol. The summed E-state index contributed by atoms with van der Waals surface area (Å²) in [7, 11) is 0. The molecule has 26 heavy (non-hydrogen) atoms. The van der Waals surface area contributed by atoms with E-state index in [9.17, 15) is 9.90 Å². The molecule has 1 aromatic heterocycles. The Hall–Kier alpha value is -3.13. The average Bonchev–Trinajstić information content (AvgIpc) is 2.84. The smallest absolute Gasteiger partial charge is 0.247 e. The van der Waals surface area contributed by atoms with E-state index in [1.807, 2.05) is 30.5 Å². The summed E-state index contributed by atoms with van der Waals surface area (Å²) in [5.74, 6) is -0.848. The zero-order valence-corrected chi connectivity index (χ0v) is 14.5. The van der Waals surface area contributed by atoms with Crippen LogP contribution in [0, 0.1) is 0 Å². The lowest BCUT2D eigenvalue weighted by atomic mass is 10.1. The quantitative estimate of drug-likeness (QED) is 0.705. The number of fused-ring (bicyclic) bond motifs is 3. The first kappa shape index (κ1) is 16.3. The zero-order valence-electron chi connectivity index (χ0n) is 13.7. The Morgan fingerprint density at radius 3 is 2.65 bits per heavy atom. The minimum Gasteiger partial charge on any atom is -0.545 e. The van der Waals surface area contributed by atoms with Crippen molar-refractivity contribution in [3.05, 3.63) is 59.7 Å². The van der Waals surface area contributed by atoms with Crippen LogP contribution in [0.4, 0.5) is 5.69 Å². The summed E-state index contributed by atoms with van der Waals surface area (Å²) in [6.45, 7) is 0. The number of aromatic carboxylic acids is 1. The van der Waals surface area contributed by atoms with Gasteiger partial charge < -0.3 is 20.0 Å². The zero-order chi connectivity index (χ0) is 18.1. The van der Waals surface area contributed by atoms with Crippen LogP contribution >= 0.6 is 11.8 Å². The van der Waals surface area contributed by atoms with Crippen molar-refractivity contribution in [2.45, 2.75) is 11.4 Å². The topological polar surface area (TPSA) is 100 Å². The maximum atomic E-state index is 11.0. The molecular weight excluding hydrogens is 352 g/mol. The molecule has 130 valence electrons. The highest BCUT2D eigenvalue weighted by molar-refractivity contribution is 7.98. The summed E-state index contributed by atoms with van der Waals surface area (Å²) < 4.78 is 6.07. The molecule has 0 saturated carbocycles. The van der Waals surface area contributed by atoms with Gasteiger partial charge in [0, 0.05) is 16.8 Å². The molecule has 0 amide bonds. The van der Waals surface area contributed by atoms with Gasteiger partial charge in [-0.2, -0.15) is 4.98 Å². The van der Waals surface area contributed by atoms with Crippen LogP contribution in [-0.2, 0) is 0 Å². The second kappa shape index (κ2) is 6.64. The number of aromatic nitrogens is 3. The Labute approximate surface area is 153 Å². The number of nitrogens with one attached hydrogen (secondary N) is 1. The van der Waals surface area contributed by atoms with Gasteiger partial charge >= 0.3 is 0 Å².